The lowest BCUT2D eigenvalue weighted by atomic mass is 10.2. The molecule has 0 aromatic heterocycles. The number of alkyl halides is 2. The summed E-state index contributed by atoms with van der Waals surface area (Å²) in [6.45, 7) is -1.75. The molecule has 0 saturated carbocycles. The average molecular weight is 414 g/mol. The topological polar surface area (TPSA) is 64.6 Å². The molecule has 1 amide bonds. The van der Waals surface area contributed by atoms with Crippen LogP contribution in [0.5, 0.6) is 5.75 Å². The predicted octanol–water partition coefficient (Wildman–Crippen LogP) is 4.66. The van der Waals surface area contributed by atoms with Crippen molar-refractivity contribution in [3.63, 3.8) is 0 Å². The summed E-state index contributed by atoms with van der Waals surface area (Å²) in [6.07, 6.45) is 1.17. The Morgan fingerprint density at radius 2 is 1.89 bits per heavy atom. The number of hydrogen-bond acceptors (Lipinski definition) is 4. The Labute approximate surface area is 163 Å². The first-order valence-corrected chi connectivity index (χ1v) is 8.32. The van der Waals surface area contributed by atoms with Crippen molar-refractivity contribution in [3.05, 3.63) is 64.9 Å². The molecule has 2 rings (SSSR count). The quantitative estimate of drug-likeness (QED) is 0.529. The smallest absolute Gasteiger partial charge is 0.387 e. The van der Waals surface area contributed by atoms with Gasteiger partial charge in [0.15, 0.2) is 6.10 Å². The van der Waals surface area contributed by atoms with E-state index in [1.807, 2.05) is 0 Å². The van der Waals surface area contributed by atoms with E-state index in [2.05, 4.69) is 10.1 Å². The fourth-order valence-electron chi connectivity index (χ4n) is 2.05. The highest BCUT2D eigenvalue weighted by atomic mass is 35.5. The zero-order valence-electron chi connectivity index (χ0n) is 14.5. The summed E-state index contributed by atoms with van der Waals surface area (Å²) in [7, 11) is 0. The minimum absolute atomic E-state index is 0.00666. The van der Waals surface area contributed by atoms with Crippen molar-refractivity contribution in [2.24, 2.45) is 0 Å². The van der Waals surface area contributed by atoms with Crippen LogP contribution in [-0.2, 0) is 14.3 Å². The van der Waals surface area contributed by atoms with Crippen molar-refractivity contribution in [1.29, 1.82) is 0 Å². The number of carbonyl (C=O) groups excluding carboxylic acids is 2. The third-order valence-corrected chi connectivity index (χ3v) is 3.67. The number of carbonyl (C=O) groups is 2. The van der Waals surface area contributed by atoms with E-state index in [9.17, 15) is 22.8 Å². The molecule has 0 aliphatic rings. The van der Waals surface area contributed by atoms with Crippen LogP contribution in [0.2, 0.25) is 5.02 Å². The number of para-hydroxylation sites is 2. The molecule has 1 N–H and O–H groups in total. The molecule has 1 atom stereocenters. The Kier molecular flexibility index (Phi) is 7.45. The molecule has 0 aliphatic heterocycles. The molecule has 0 bridgehead atoms. The molecule has 0 unspecified atom stereocenters. The number of esters is 1. The van der Waals surface area contributed by atoms with E-state index in [1.165, 1.54) is 49.4 Å². The summed E-state index contributed by atoms with van der Waals surface area (Å²) in [5.41, 5.74) is 0.464. The fourth-order valence-corrected chi connectivity index (χ4v) is 2.24. The van der Waals surface area contributed by atoms with Crippen molar-refractivity contribution >= 4 is 35.2 Å². The molecular formula is C19H15ClF3NO4. The average Bonchev–Trinajstić information content (AvgIpc) is 2.63. The summed E-state index contributed by atoms with van der Waals surface area (Å²) in [6, 6.07) is 9.46. The minimum Gasteiger partial charge on any atom is -0.449 e. The highest BCUT2D eigenvalue weighted by molar-refractivity contribution is 6.30. The number of benzene rings is 2. The van der Waals surface area contributed by atoms with Gasteiger partial charge >= 0.3 is 12.6 Å². The number of ether oxygens (including phenoxy) is 2. The lowest BCUT2D eigenvalue weighted by Gasteiger charge is -2.15. The van der Waals surface area contributed by atoms with Gasteiger partial charge in [-0.1, -0.05) is 29.8 Å². The first-order valence-electron chi connectivity index (χ1n) is 7.94. The van der Waals surface area contributed by atoms with E-state index in [0.29, 0.717) is 5.56 Å². The van der Waals surface area contributed by atoms with E-state index < -0.39 is 30.4 Å². The maximum Gasteiger partial charge on any atom is 0.387 e. The monoisotopic (exact) mass is 413 g/mol. The van der Waals surface area contributed by atoms with Gasteiger partial charge in [0, 0.05) is 6.08 Å². The Bertz CT molecular complexity index is 889. The van der Waals surface area contributed by atoms with Gasteiger partial charge < -0.3 is 14.8 Å². The van der Waals surface area contributed by atoms with Crippen LogP contribution in [0.4, 0.5) is 18.9 Å². The molecule has 0 fully saturated rings. The van der Waals surface area contributed by atoms with Crippen LogP contribution in [0.25, 0.3) is 6.08 Å². The zero-order valence-corrected chi connectivity index (χ0v) is 15.3. The standard InChI is InChI=1S/C19H15ClF3NO4/c1-11(18(26)24-15-4-2-3-5-16(15)28-19(22)23)27-17(25)9-7-12-6-8-14(21)13(20)10-12/h2-11,19H,1H3,(H,24,26)/b9-7+/t11-/m1/s1. The summed E-state index contributed by atoms with van der Waals surface area (Å²) < 4.78 is 47.1. The van der Waals surface area contributed by atoms with Crippen molar-refractivity contribution in [3.8, 4) is 5.75 Å². The van der Waals surface area contributed by atoms with E-state index in [0.717, 1.165) is 12.1 Å². The van der Waals surface area contributed by atoms with Crippen LogP contribution in [0, 0.1) is 5.82 Å². The summed E-state index contributed by atoms with van der Waals surface area (Å²) in [5, 5.41) is 2.25. The van der Waals surface area contributed by atoms with Gasteiger partial charge in [-0.3, -0.25) is 4.79 Å². The van der Waals surface area contributed by atoms with Gasteiger partial charge in [0.2, 0.25) is 0 Å². The number of rotatable bonds is 7. The number of anilines is 1. The van der Waals surface area contributed by atoms with Crippen molar-refractivity contribution in [2.45, 2.75) is 19.6 Å². The molecule has 0 spiro atoms. The maximum absolute atomic E-state index is 13.1. The molecule has 2 aromatic rings. The second kappa shape index (κ2) is 9.80. The van der Waals surface area contributed by atoms with Gasteiger partial charge in [-0.2, -0.15) is 8.78 Å². The van der Waals surface area contributed by atoms with Crippen molar-refractivity contribution in [2.75, 3.05) is 5.32 Å². The second-order valence-electron chi connectivity index (χ2n) is 5.45. The van der Waals surface area contributed by atoms with Gasteiger partial charge in [0.25, 0.3) is 5.91 Å². The van der Waals surface area contributed by atoms with Gasteiger partial charge in [-0.25, -0.2) is 9.18 Å². The predicted molar refractivity (Wildman–Crippen MR) is 97.7 cm³/mol. The lowest BCUT2D eigenvalue weighted by Crippen LogP contribution is -2.29. The van der Waals surface area contributed by atoms with Crippen LogP contribution >= 0.6 is 11.6 Å². The highest BCUT2D eigenvalue weighted by Gasteiger charge is 2.19. The van der Waals surface area contributed by atoms with Crippen LogP contribution in [0.15, 0.2) is 48.5 Å². The molecule has 0 saturated heterocycles. The molecule has 148 valence electrons. The van der Waals surface area contributed by atoms with Crippen molar-refractivity contribution in [1.82, 2.24) is 0 Å². The van der Waals surface area contributed by atoms with Gasteiger partial charge in [0.1, 0.15) is 11.6 Å². The zero-order chi connectivity index (χ0) is 20.7. The van der Waals surface area contributed by atoms with Gasteiger partial charge in [-0.05, 0) is 42.8 Å². The Morgan fingerprint density at radius 1 is 1.18 bits per heavy atom. The summed E-state index contributed by atoms with van der Waals surface area (Å²) >= 11 is 5.64. The third-order valence-electron chi connectivity index (χ3n) is 3.38. The molecule has 5 nitrogen and oxygen atoms in total. The first kappa shape index (κ1) is 21.3. The Morgan fingerprint density at radius 3 is 2.57 bits per heavy atom. The molecular weight excluding hydrogens is 399 g/mol. The number of amides is 1. The van der Waals surface area contributed by atoms with Gasteiger partial charge in [0.05, 0.1) is 10.7 Å². The SMILES string of the molecule is C[C@@H](OC(=O)/C=C/c1ccc(F)c(Cl)c1)C(=O)Nc1ccccc1OC(F)F. The Hall–Kier alpha value is -3.00. The second-order valence-corrected chi connectivity index (χ2v) is 5.86. The summed E-state index contributed by atoms with van der Waals surface area (Å²) in [5.74, 6) is -2.39. The molecule has 0 aliphatic carbocycles. The summed E-state index contributed by atoms with van der Waals surface area (Å²) in [4.78, 5) is 24.0. The lowest BCUT2D eigenvalue weighted by molar-refractivity contribution is -0.148. The number of halogens is 4. The number of nitrogens with one attached hydrogen (secondary N) is 1. The normalized spacial score (nSPS) is 12.1. The third kappa shape index (κ3) is 6.31. The molecule has 0 heterocycles. The van der Waals surface area contributed by atoms with E-state index in [4.69, 9.17) is 16.3 Å². The largest absolute Gasteiger partial charge is 0.449 e. The molecule has 2 aromatic carbocycles. The number of hydrogen-bond donors (Lipinski definition) is 1. The fraction of sp³-hybridized carbons (Fsp3) is 0.158. The van der Waals surface area contributed by atoms with Gasteiger partial charge in [-0.15, -0.1) is 0 Å². The van der Waals surface area contributed by atoms with E-state index in [-0.39, 0.29) is 16.5 Å². The van der Waals surface area contributed by atoms with Crippen LogP contribution < -0.4 is 10.1 Å². The minimum atomic E-state index is -3.06. The Balaban J connectivity index is 1.95. The first-order chi connectivity index (χ1) is 13.3. The van der Waals surface area contributed by atoms with E-state index >= 15 is 0 Å². The molecule has 0 radical (unpaired) electrons. The van der Waals surface area contributed by atoms with Crippen LogP contribution in [0.1, 0.15) is 12.5 Å². The van der Waals surface area contributed by atoms with Crippen LogP contribution in [-0.4, -0.2) is 24.6 Å². The van der Waals surface area contributed by atoms with Crippen molar-refractivity contribution < 1.29 is 32.2 Å². The molecule has 9 heteroatoms. The van der Waals surface area contributed by atoms with E-state index in [1.54, 1.807) is 0 Å². The molecule has 28 heavy (non-hydrogen) atoms. The maximum atomic E-state index is 13.1. The van der Waals surface area contributed by atoms with Crippen LogP contribution in [0.3, 0.4) is 0 Å². The highest BCUT2D eigenvalue weighted by Crippen LogP contribution is 2.25.